The first-order valence-corrected chi connectivity index (χ1v) is 10.2. The van der Waals surface area contributed by atoms with Gasteiger partial charge in [-0.05, 0) is 53.5 Å². The summed E-state index contributed by atoms with van der Waals surface area (Å²) in [5.74, 6) is 0.386. The van der Waals surface area contributed by atoms with Gasteiger partial charge >= 0.3 is 5.97 Å². The van der Waals surface area contributed by atoms with Crippen molar-refractivity contribution in [3.05, 3.63) is 101 Å². The highest BCUT2D eigenvalue weighted by molar-refractivity contribution is 5.93. The van der Waals surface area contributed by atoms with Crippen molar-refractivity contribution in [2.75, 3.05) is 7.11 Å². The Morgan fingerprint density at radius 1 is 1.13 bits per heavy atom. The van der Waals surface area contributed by atoms with E-state index < -0.39 is 0 Å². The van der Waals surface area contributed by atoms with Crippen molar-refractivity contribution in [3.8, 4) is 5.75 Å². The third kappa shape index (κ3) is 3.38. The molecule has 154 valence electrons. The average molecular weight is 410 g/mol. The minimum atomic E-state index is -0.365. The van der Waals surface area contributed by atoms with Crippen molar-refractivity contribution in [1.82, 2.24) is 9.55 Å². The monoisotopic (exact) mass is 410 g/mol. The van der Waals surface area contributed by atoms with Crippen LogP contribution in [0.2, 0.25) is 0 Å². The van der Waals surface area contributed by atoms with Gasteiger partial charge in [0.05, 0.1) is 30.0 Å². The predicted octanol–water partition coefficient (Wildman–Crippen LogP) is 5.16. The Labute approximate surface area is 180 Å². The number of esters is 1. The Hall–Kier alpha value is -3.86. The highest BCUT2D eigenvalue weighted by Gasteiger charge is 2.21. The standard InChI is InChI=1S/C26H22N2O3/c1-17-6-5-9-23-25(17)27-16-28(23)13-12-21-20-8-4-3-7-19(20)15-31-24-11-10-18(14-22(21)24)26(29)30-2/h3-12,14,16H,13,15H2,1-2H3/b21-12+. The minimum absolute atomic E-state index is 0.365. The maximum absolute atomic E-state index is 12.2. The van der Waals surface area contributed by atoms with Gasteiger partial charge in [-0.25, -0.2) is 9.78 Å². The van der Waals surface area contributed by atoms with Gasteiger partial charge < -0.3 is 14.0 Å². The van der Waals surface area contributed by atoms with Gasteiger partial charge in [0.25, 0.3) is 0 Å². The zero-order chi connectivity index (χ0) is 21.4. The van der Waals surface area contributed by atoms with Crippen molar-refractivity contribution in [3.63, 3.8) is 0 Å². The van der Waals surface area contributed by atoms with Crippen LogP contribution in [0, 0.1) is 6.92 Å². The molecule has 1 aromatic heterocycles. The Bertz CT molecular complexity index is 1330. The van der Waals surface area contributed by atoms with Gasteiger partial charge in [-0.3, -0.25) is 0 Å². The minimum Gasteiger partial charge on any atom is -0.488 e. The summed E-state index contributed by atoms with van der Waals surface area (Å²) in [6.07, 6.45) is 4.05. The first-order chi connectivity index (χ1) is 15.2. The lowest BCUT2D eigenvalue weighted by Gasteiger charge is -2.12. The molecule has 0 amide bonds. The number of aryl methyl sites for hydroxylation is 1. The predicted molar refractivity (Wildman–Crippen MR) is 120 cm³/mol. The molecule has 31 heavy (non-hydrogen) atoms. The van der Waals surface area contributed by atoms with E-state index in [0.717, 1.165) is 44.6 Å². The summed E-state index contributed by atoms with van der Waals surface area (Å²) in [5.41, 5.74) is 7.89. The molecule has 0 radical (unpaired) electrons. The average Bonchev–Trinajstić information content (AvgIpc) is 3.15. The lowest BCUT2D eigenvalue weighted by atomic mass is 9.93. The Balaban J connectivity index is 1.65. The van der Waals surface area contributed by atoms with Crippen LogP contribution in [0.25, 0.3) is 16.6 Å². The molecule has 0 unspecified atom stereocenters. The quantitative estimate of drug-likeness (QED) is 0.438. The summed E-state index contributed by atoms with van der Waals surface area (Å²) in [6.45, 7) is 3.19. The molecular formula is C26H22N2O3. The summed E-state index contributed by atoms with van der Waals surface area (Å²) in [4.78, 5) is 16.8. The molecule has 5 nitrogen and oxygen atoms in total. The number of fused-ring (bicyclic) bond motifs is 3. The summed E-state index contributed by atoms with van der Waals surface area (Å²) in [5, 5.41) is 0. The van der Waals surface area contributed by atoms with E-state index in [2.05, 4.69) is 52.9 Å². The van der Waals surface area contributed by atoms with Gasteiger partial charge in [-0.1, -0.05) is 42.5 Å². The molecular weight excluding hydrogens is 388 g/mol. The Morgan fingerprint density at radius 2 is 2.00 bits per heavy atom. The number of methoxy groups -OCH3 is 1. The molecule has 3 aromatic carbocycles. The van der Waals surface area contributed by atoms with Crippen molar-refractivity contribution < 1.29 is 14.3 Å². The van der Waals surface area contributed by atoms with E-state index in [0.29, 0.717) is 18.7 Å². The number of carbonyl (C=O) groups is 1. The number of carbonyl (C=O) groups excluding carboxylic acids is 1. The summed E-state index contributed by atoms with van der Waals surface area (Å²) < 4.78 is 13.1. The fourth-order valence-corrected chi connectivity index (χ4v) is 4.11. The number of para-hydroxylation sites is 1. The molecule has 1 aliphatic heterocycles. The molecule has 0 saturated carbocycles. The maximum atomic E-state index is 12.2. The van der Waals surface area contributed by atoms with Gasteiger partial charge in [0.2, 0.25) is 0 Å². The first-order valence-electron chi connectivity index (χ1n) is 10.2. The second-order valence-corrected chi connectivity index (χ2v) is 7.61. The van der Waals surface area contributed by atoms with Crippen molar-refractivity contribution in [2.24, 2.45) is 0 Å². The number of nitrogens with zero attached hydrogens (tertiary/aromatic N) is 2. The Kier molecular flexibility index (Phi) is 4.79. The SMILES string of the molecule is COC(=O)c1ccc2c(c1)/C(=C/Cn1cnc3c(C)cccc31)c1ccccc1CO2. The number of aromatic nitrogens is 2. The summed E-state index contributed by atoms with van der Waals surface area (Å²) in [6, 6.07) is 19.9. The van der Waals surface area contributed by atoms with Gasteiger partial charge in [0, 0.05) is 12.1 Å². The largest absolute Gasteiger partial charge is 0.488 e. The fraction of sp³-hybridized carbons (Fsp3) is 0.154. The smallest absolute Gasteiger partial charge is 0.337 e. The van der Waals surface area contributed by atoms with Crippen LogP contribution in [0.4, 0.5) is 0 Å². The number of allylic oxidation sites excluding steroid dienone is 1. The second kappa shape index (κ2) is 7.76. The topological polar surface area (TPSA) is 53.4 Å². The molecule has 1 aliphatic rings. The van der Waals surface area contributed by atoms with E-state index in [9.17, 15) is 4.79 Å². The lowest BCUT2D eigenvalue weighted by molar-refractivity contribution is 0.0600. The number of imidazole rings is 1. The molecule has 0 aliphatic carbocycles. The van der Waals surface area contributed by atoms with E-state index in [1.165, 1.54) is 7.11 Å². The highest BCUT2D eigenvalue weighted by atomic mass is 16.5. The zero-order valence-electron chi connectivity index (χ0n) is 17.5. The third-order valence-electron chi connectivity index (χ3n) is 5.73. The van der Waals surface area contributed by atoms with Crippen LogP contribution in [-0.2, 0) is 17.9 Å². The highest BCUT2D eigenvalue weighted by Crippen LogP contribution is 2.37. The normalized spacial score (nSPS) is 13.9. The first kappa shape index (κ1) is 19.1. The molecule has 5 rings (SSSR count). The summed E-state index contributed by atoms with van der Waals surface area (Å²) in [7, 11) is 1.39. The second-order valence-electron chi connectivity index (χ2n) is 7.61. The van der Waals surface area contributed by atoms with Crippen LogP contribution in [0.5, 0.6) is 5.75 Å². The molecule has 0 atom stereocenters. The number of hydrogen-bond acceptors (Lipinski definition) is 4. The fourth-order valence-electron chi connectivity index (χ4n) is 4.11. The lowest BCUT2D eigenvalue weighted by Crippen LogP contribution is -2.03. The van der Waals surface area contributed by atoms with Gasteiger partial charge in [0.15, 0.2) is 0 Å². The van der Waals surface area contributed by atoms with Gasteiger partial charge in [0.1, 0.15) is 12.4 Å². The third-order valence-corrected chi connectivity index (χ3v) is 5.73. The van der Waals surface area contributed by atoms with Crippen LogP contribution < -0.4 is 4.74 Å². The van der Waals surface area contributed by atoms with Crippen LogP contribution >= 0.6 is 0 Å². The number of benzene rings is 3. The molecule has 0 saturated heterocycles. The molecule has 5 heteroatoms. The Morgan fingerprint density at radius 3 is 2.87 bits per heavy atom. The van der Waals surface area contributed by atoms with E-state index in [1.807, 2.05) is 30.6 Å². The van der Waals surface area contributed by atoms with Crippen molar-refractivity contribution in [1.29, 1.82) is 0 Å². The number of rotatable bonds is 3. The zero-order valence-corrected chi connectivity index (χ0v) is 17.5. The van der Waals surface area contributed by atoms with Crippen molar-refractivity contribution >= 4 is 22.6 Å². The number of ether oxygens (including phenoxy) is 2. The van der Waals surface area contributed by atoms with Crippen LogP contribution in [0.15, 0.2) is 73.1 Å². The van der Waals surface area contributed by atoms with E-state index in [1.54, 1.807) is 6.07 Å². The molecule has 0 fully saturated rings. The van der Waals surface area contributed by atoms with Gasteiger partial charge in [-0.15, -0.1) is 0 Å². The van der Waals surface area contributed by atoms with Crippen LogP contribution in [0.3, 0.4) is 0 Å². The van der Waals surface area contributed by atoms with E-state index in [4.69, 9.17) is 9.47 Å². The van der Waals surface area contributed by atoms with Crippen LogP contribution in [0.1, 0.15) is 32.6 Å². The molecule has 0 N–H and O–H groups in total. The number of hydrogen-bond donors (Lipinski definition) is 0. The van der Waals surface area contributed by atoms with E-state index >= 15 is 0 Å². The van der Waals surface area contributed by atoms with Crippen molar-refractivity contribution in [2.45, 2.75) is 20.1 Å². The van der Waals surface area contributed by atoms with Gasteiger partial charge in [-0.2, -0.15) is 0 Å². The summed E-state index contributed by atoms with van der Waals surface area (Å²) >= 11 is 0. The molecule has 0 bridgehead atoms. The molecule has 4 aromatic rings. The molecule has 0 spiro atoms. The van der Waals surface area contributed by atoms with E-state index in [-0.39, 0.29) is 5.97 Å². The maximum Gasteiger partial charge on any atom is 0.337 e. The van der Waals surface area contributed by atoms with Crippen LogP contribution in [-0.4, -0.2) is 22.6 Å². The molecule has 2 heterocycles.